The summed E-state index contributed by atoms with van der Waals surface area (Å²) in [6, 6.07) is 16.7. The van der Waals surface area contributed by atoms with Crippen LogP contribution in [0.4, 0.5) is 0 Å². The van der Waals surface area contributed by atoms with Gasteiger partial charge in [-0.05, 0) is 17.7 Å². The van der Waals surface area contributed by atoms with E-state index in [1.54, 1.807) is 30.5 Å². The molecule has 140 valence electrons. The lowest BCUT2D eigenvalue weighted by atomic mass is 10.1. The number of hydrogen-bond donors (Lipinski definition) is 1. The number of carbonyl (C=O) groups is 1. The van der Waals surface area contributed by atoms with Crippen LogP contribution in [0.5, 0.6) is 0 Å². The van der Waals surface area contributed by atoms with Crippen LogP contribution < -0.4 is 0 Å². The number of aromatic nitrogens is 4. The number of esters is 1. The van der Waals surface area contributed by atoms with Crippen LogP contribution in [0.1, 0.15) is 22.0 Å². The van der Waals surface area contributed by atoms with Gasteiger partial charge < -0.3 is 9.15 Å². The van der Waals surface area contributed by atoms with Crippen molar-refractivity contribution in [2.45, 2.75) is 11.3 Å². The summed E-state index contributed by atoms with van der Waals surface area (Å²) in [5, 5.41) is 7.30. The van der Waals surface area contributed by atoms with Crippen molar-refractivity contribution >= 4 is 17.7 Å². The maximum absolute atomic E-state index is 12.7. The van der Waals surface area contributed by atoms with Gasteiger partial charge in [0.2, 0.25) is 0 Å². The third-order valence-corrected chi connectivity index (χ3v) is 4.96. The third kappa shape index (κ3) is 4.29. The van der Waals surface area contributed by atoms with E-state index in [2.05, 4.69) is 20.2 Å². The minimum absolute atomic E-state index is 0.392. The Morgan fingerprint density at radius 2 is 1.96 bits per heavy atom. The molecule has 0 saturated heterocycles. The van der Waals surface area contributed by atoms with E-state index in [1.807, 2.05) is 30.3 Å². The van der Waals surface area contributed by atoms with Crippen LogP contribution in [-0.2, 0) is 4.74 Å². The number of nitrogens with one attached hydrogen (secondary N) is 1. The highest BCUT2D eigenvalue weighted by molar-refractivity contribution is 7.99. The normalized spacial score (nSPS) is 11.9. The van der Waals surface area contributed by atoms with Crippen molar-refractivity contribution in [1.82, 2.24) is 20.2 Å². The molecule has 0 aliphatic carbocycles. The minimum Gasteiger partial charge on any atom is -0.453 e. The Bertz CT molecular complexity index is 1000. The maximum atomic E-state index is 12.7. The average Bonchev–Trinajstić information content (AvgIpc) is 3.46. The number of hydrogen-bond acceptors (Lipinski definition) is 7. The number of benzene rings is 2. The Morgan fingerprint density at radius 3 is 2.64 bits per heavy atom. The maximum Gasteiger partial charge on any atom is 0.338 e. The molecule has 0 fully saturated rings. The predicted octanol–water partition coefficient (Wildman–Crippen LogP) is 4.15. The van der Waals surface area contributed by atoms with Crippen molar-refractivity contribution in [2.24, 2.45) is 0 Å². The second-order valence-corrected chi connectivity index (χ2v) is 6.86. The number of aromatic amines is 1. The molecule has 0 amide bonds. The Morgan fingerprint density at radius 1 is 1.14 bits per heavy atom. The molecule has 0 unspecified atom stereocenters. The first-order valence-electron chi connectivity index (χ1n) is 8.52. The smallest absolute Gasteiger partial charge is 0.338 e. The van der Waals surface area contributed by atoms with Gasteiger partial charge in [-0.25, -0.2) is 14.8 Å². The first-order chi connectivity index (χ1) is 13.8. The molecule has 4 aromatic rings. The topological polar surface area (TPSA) is 93.9 Å². The van der Waals surface area contributed by atoms with Crippen LogP contribution in [-0.4, -0.2) is 31.9 Å². The molecule has 0 saturated carbocycles. The van der Waals surface area contributed by atoms with Gasteiger partial charge in [-0.1, -0.05) is 54.2 Å². The van der Waals surface area contributed by atoms with Crippen LogP contribution >= 0.6 is 11.8 Å². The molecule has 1 atom stereocenters. The number of H-pyrrole nitrogens is 1. The molecule has 0 aliphatic heterocycles. The largest absolute Gasteiger partial charge is 0.453 e. The first kappa shape index (κ1) is 18.0. The van der Waals surface area contributed by atoms with E-state index in [4.69, 9.17) is 9.15 Å². The fourth-order valence-corrected chi connectivity index (χ4v) is 3.42. The van der Waals surface area contributed by atoms with Gasteiger partial charge in [-0.3, -0.25) is 5.10 Å². The molecule has 2 aromatic carbocycles. The zero-order valence-electron chi connectivity index (χ0n) is 14.7. The monoisotopic (exact) mass is 392 g/mol. The molecule has 2 aromatic heterocycles. The van der Waals surface area contributed by atoms with E-state index >= 15 is 0 Å². The molecule has 0 bridgehead atoms. The summed E-state index contributed by atoms with van der Waals surface area (Å²) in [4.78, 5) is 20.7. The number of rotatable bonds is 7. The summed E-state index contributed by atoms with van der Waals surface area (Å²) in [6.45, 7) is 0. The molecule has 0 spiro atoms. The third-order valence-electron chi connectivity index (χ3n) is 4.02. The number of ether oxygens (including phenoxy) is 1. The SMILES string of the molecule is O=C(O[C@H](CSc1ncn[nH]1)c1ccccc1)c1ccc(-c2cnco2)cc1. The van der Waals surface area contributed by atoms with Gasteiger partial charge in [0, 0.05) is 11.3 Å². The first-order valence-corrected chi connectivity index (χ1v) is 9.51. The average molecular weight is 392 g/mol. The second kappa shape index (κ2) is 8.53. The summed E-state index contributed by atoms with van der Waals surface area (Å²) >= 11 is 1.44. The van der Waals surface area contributed by atoms with Crippen LogP contribution in [0.2, 0.25) is 0 Å². The van der Waals surface area contributed by atoms with E-state index in [-0.39, 0.29) is 0 Å². The molecule has 1 N–H and O–H groups in total. The quantitative estimate of drug-likeness (QED) is 0.373. The van der Waals surface area contributed by atoms with E-state index in [1.165, 1.54) is 24.5 Å². The minimum atomic E-state index is -0.419. The number of oxazole rings is 1. The van der Waals surface area contributed by atoms with Crippen LogP contribution in [0.15, 0.2) is 83.1 Å². The Labute approximate surface area is 165 Å². The van der Waals surface area contributed by atoms with Crippen molar-refractivity contribution in [2.75, 3.05) is 5.75 Å². The van der Waals surface area contributed by atoms with Crippen LogP contribution in [0.3, 0.4) is 0 Å². The molecule has 0 aliphatic rings. The lowest BCUT2D eigenvalue weighted by Gasteiger charge is -2.17. The van der Waals surface area contributed by atoms with E-state index in [0.29, 0.717) is 22.2 Å². The summed E-state index contributed by atoms with van der Waals surface area (Å²) < 4.78 is 11.1. The molecular weight excluding hydrogens is 376 g/mol. The van der Waals surface area contributed by atoms with E-state index in [9.17, 15) is 4.79 Å². The van der Waals surface area contributed by atoms with Crippen LogP contribution in [0.25, 0.3) is 11.3 Å². The number of carbonyl (C=O) groups excluding carboxylic acids is 1. The van der Waals surface area contributed by atoms with Gasteiger partial charge >= 0.3 is 5.97 Å². The lowest BCUT2D eigenvalue weighted by Crippen LogP contribution is -2.14. The van der Waals surface area contributed by atoms with Gasteiger partial charge in [0.15, 0.2) is 17.3 Å². The van der Waals surface area contributed by atoms with Gasteiger partial charge in [0.1, 0.15) is 12.4 Å². The summed E-state index contributed by atoms with van der Waals surface area (Å²) in [7, 11) is 0. The van der Waals surface area contributed by atoms with Crippen LogP contribution in [0, 0.1) is 0 Å². The van der Waals surface area contributed by atoms with Crippen molar-refractivity contribution in [3.05, 3.63) is 84.6 Å². The summed E-state index contributed by atoms with van der Waals surface area (Å²) in [5.41, 5.74) is 2.23. The van der Waals surface area contributed by atoms with Gasteiger partial charge in [-0.2, -0.15) is 5.10 Å². The molecule has 2 heterocycles. The Hall–Kier alpha value is -3.39. The zero-order valence-corrected chi connectivity index (χ0v) is 15.5. The molecule has 7 nitrogen and oxygen atoms in total. The van der Waals surface area contributed by atoms with Crippen molar-refractivity contribution in [3.63, 3.8) is 0 Å². The standard InChI is InChI=1S/C20H16N4O3S/c25-19(16-8-6-15(7-9-16)17-10-21-13-26-17)27-18(14-4-2-1-3-5-14)11-28-20-22-12-23-24-20/h1-10,12-13,18H,11H2,(H,22,23,24)/t18-/m1/s1. The Kier molecular flexibility index (Phi) is 5.48. The molecule has 8 heteroatoms. The van der Waals surface area contributed by atoms with Gasteiger partial charge in [0.05, 0.1) is 11.8 Å². The second-order valence-electron chi connectivity index (χ2n) is 5.85. The fraction of sp³-hybridized carbons (Fsp3) is 0.100. The highest BCUT2D eigenvalue weighted by Crippen LogP contribution is 2.27. The van der Waals surface area contributed by atoms with E-state index < -0.39 is 12.1 Å². The summed E-state index contributed by atoms with van der Waals surface area (Å²) in [5.74, 6) is 0.767. The highest BCUT2D eigenvalue weighted by atomic mass is 32.2. The summed E-state index contributed by atoms with van der Waals surface area (Å²) in [6.07, 6.45) is 4.02. The predicted molar refractivity (Wildman–Crippen MR) is 104 cm³/mol. The van der Waals surface area contributed by atoms with Crippen molar-refractivity contribution < 1.29 is 13.9 Å². The van der Waals surface area contributed by atoms with Crippen molar-refractivity contribution in [3.8, 4) is 11.3 Å². The molecule has 28 heavy (non-hydrogen) atoms. The number of thioether (sulfide) groups is 1. The van der Waals surface area contributed by atoms with E-state index in [0.717, 1.165) is 11.1 Å². The molecule has 0 radical (unpaired) electrons. The molecule has 4 rings (SSSR count). The van der Waals surface area contributed by atoms with Crippen molar-refractivity contribution in [1.29, 1.82) is 0 Å². The zero-order chi connectivity index (χ0) is 19.2. The number of nitrogens with zero attached hydrogens (tertiary/aromatic N) is 3. The Balaban J connectivity index is 1.48. The molecular formula is C20H16N4O3S. The van der Waals surface area contributed by atoms with Gasteiger partial charge in [0.25, 0.3) is 0 Å². The fourth-order valence-electron chi connectivity index (χ4n) is 2.61. The van der Waals surface area contributed by atoms with Gasteiger partial charge in [-0.15, -0.1) is 0 Å². The highest BCUT2D eigenvalue weighted by Gasteiger charge is 2.19. The lowest BCUT2D eigenvalue weighted by molar-refractivity contribution is 0.0347.